The number of benzene rings is 1. The fourth-order valence-corrected chi connectivity index (χ4v) is 1.34. The number of carbonyl (C=O) groups excluding carboxylic acids is 1. The molecule has 96 valence electrons. The summed E-state index contributed by atoms with van der Waals surface area (Å²) in [6.07, 6.45) is 0. The minimum Gasteiger partial charge on any atom is -0.478 e. The quantitative estimate of drug-likeness (QED) is 0.548. The number of carboxylic acid groups (broad SMARTS) is 2. The molecule has 6 nitrogen and oxygen atoms in total. The highest BCUT2D eigenvalue weighted by molar-refractivity contribution is 7.80. The molecule has 0 radical (unpaired) electrons. The molecule has 18 heavy (non-hydrogen) atoms. The second-order valence-corrected chi connectivity index (χ2v) is 3.68. The maximum Gasteiger partial charge on any atom is 0.339 e. The normalized spacial score (nSPS) is 9.83. The van der Waals surface area contributed by atoms with Gasteiger partial charge in [-0.05, 0) is 18.2 Å². The van der Waals surface area contributed by atoms with Gasteiger partial charge in [0.15, 0.2) is 0 Å². The lowest BCUT2D eigenvalue weighted by atomic mass is 10.0. The third kappa shape index (κ3) is 3.24. The molecule has 0 heterocycles. The number of rotatable bonds is 5. The van der Waals surface area contributed by atoms with Crippen LogP contribution in [0.25, 0.3) is 0 Å². The van der Waals surface area contributed by atoms with Gasteiger partial charge in [-0.15, -0.1) is 0 Å². The lowest BCUT2D eigenvalue weighted by Crippen LogP contribution is -2.14. The van der Waals surface area contributed by atoms with Crippen molar-refractivity contribution in [1.29, 1.82) is 0 Å². The van der Waals surface area contributed by atoms with E-state index in [1.807, 2.05) is 0 Å². The van der Waals surface area contributed by atoms with Gasteiger partial charge < -0.3 is 14.9 Å². The summed E-state index contributed by atoms with van der Waals surface area (Å²) in [4.78, 5) is 33.2. The van der Waals surface area contributed by atoms with Gasteiger partial charge in [-0.3, -0.25) is 0 Å². The molecule has 0 spiro atoms. The molecule has 0 bridgehead atoms. The smallest absolute Gasteiger partial charge is 0.339 e. The van der Waals surface area contributed by atoms with E-state index in [1.165, 1.54) is 0 Å². The van der Waals surface area contributed by atoms with E-state index in [0.717, 1.165) is 18.2 Å². The fourth-order valence-electron chi connectivity index (χ4n) is 1.25. The SMILES string of the molecule is O=C(O)c1ccc(C(=O)OCCS)c(C(=O)O)c1. The van der Waals surface area contributed by atoms with Crippen LogP contribution in [0, 0.1) is 0 Å². The molecule has 2 N–H and O–H groups in total. The van der Waals surface area contributed by atoms with E-state index in [1.54, 1.807) is 0 Å². The van der Waals surface area contributed by atoms with Gasteiger partial charge in [0.1, 0.15) is 6.61 Å². The second kappa shape index (κ2) is 6.06. The number of aromatic carboxylic acids is 2. The van der Waals surface area contributed by atoms with Crippen LogP contribution < -0.4 is 0 Å². The maximum atomic E-state index is 11.5. The summed E-state index contributed by atoms with van der Waals surface area (Å²) in [7, 11) is 0. The number of hydrogen-bond donors (Lipinski definition) is 3. The molecule has 0 aliphatic heterocycles. The Labute approximate surface area is 108 Å². The monoisotopic (exact) mass is 270 g/mol. The summed E-state index contributed by atoms with van der Waals surface area (Å²) in [5, 5.41) is 17.7. The molecule has 1 aromatic rings. The topological polar surface area (TPSA) is 101 Å². The highest BCUT2D eigenvalue weighted by Crippen LogP contribution is 2.14. The lowest BCUT2D eigenvalue weighted by Gasteiger charge is -2.07. The average Bonchev–Trinajstić information content (AvgIpc) is 2.34. The molecular weight excluding hydrogens is 260 g/mol. The van der Waals surface area contributed by atoms with Crippen molar-refractivity contribution in [1.82, 2.24) is 0 Å². The summed E-state index contributed by atoms with van der Waals surface area (Å²) in [5.74, 6) is -3.18. The van der Waals surface area contributed by atoms with Gasteiger partial charge in [0, 0.05) is 5.75 Å². The number of thiol groups is 1. The van der Waals surface area contributed by atoms with Crippen molar-refractivity contribution in [2.24, 2.45) is 0 Å². The van der Waals surface area contributed by atoms with E-state index in [9.17, 15) is 14.4 Å². The summed E-state index contributed by atoms with van der Waals surface area (Å²) in [5.41, 5.74) is -0.800. The van der Waals surface area contributed by atoms with Crippen LogP contribution in [0.1, 0.15) is 31.1 Å². The molecule has 0 amide bonds. The Morgan fingerprint density at radius 3 is 2.28 bits per heavy atom. The molecule has 0 fully saturated rings. The molecule has 0 unspecified atom stereocenters. The standard InChI is InChI=1S/C11H10O6S/c12-9(13)6-1-2-7(8(5-6)10(14)15)11(16)17-3-4-18/h1-2,5,18H,3-4H2,(H,12,13)(H,14,15). The van der Waals surface area contributed by atoms with Crippen LogP contribution in [0.4, 0.5) is 0 Å². The highest BCUT2D eigenvalue weighted by atomic mass is 32.1. The molecule has 0 aliphatic carbocycles. The zero-order chi connectivity index (χ0) is 13.7. The van der Waals surface area contributed by atoms with E-state index in [-0.39, 0.29) is 17.7 Å². The number of ether oxygens (including phenoxy) is 1. The number of carboxylic acids is 2. The molecule has 0 atom stereocenters. The van der Waals surface area contributed by atoms with Crippen LogP contribution in [0.15, 0.2) is 18.2 Å². The van der Waals surface area contributed by atoms with Crippen molar-refractivity contribution in [2.45, 2.75) is 0 Å². The third-order valence-electron chi connectivity index (χ3n) is 2.04. The first-order chi connectivity index (χ1) is 8.47. The van der Waals surface area contributed by atoms with Crippen LogP contribution in [-0.4, -0.2) is 40.5 Å². The average molecular weight is 270 g/mol. The largest absolute Gasteiger partial charge is 0.478 e. The van der Waals surface area contributed by atoms with E-state index >= 15 is 0 Å². The first-order valence-corrected chi connectivity index (χ1v) is 5.49. The Morgan fingerprint density at radius 1 is 1.11 bits per heavy atom. The van der Waals surface area contributed by atoms with E-state index in [0.29, 0.717) is 5.75 Å². The zero-order valence-corrected chi connectivity index (χ0v) is 10.0. The third-order valence-corrected chi connectivity index (χ3v) is 2.22. The number of esters is 1. The number of hydrogen-bond acceptors (Lipinski definition) is 5. The van der Waals surface area contributed by atoms with Gasteiger partial charge in [0.05, 0.1) is 16.7 Å². The molecule has 1 rings (SSSR count). The van der Waals surface area contributed by atoms with Crippen LogP contribution in [0.3, 0.4) is 0 Å². The molecular formula is C11H10O6S. The maximum absolute atomic E-state index is 11.5. The minimum atomic E-state index is -1.39. The van der Waals surface area contributed by atoms with Crippen LogP contribution in [-0.2, 0) is 4.74 Å². The summed E-state index contributed by atoms with van der Waals surface area (Å²) < 4.78 is 4.74. The first kappa shape index (κ1) is 14.0. The lowest BCUT2D eigenvalue weighted by molar-refractivity contribution is 0.0517. The predicted octanol–water partition coefficient (Wildman–Crippen LogP) is 1.17. The van der Waals surface area contributed by atoms with E-state index in [2.05, 4.69) is 12.6 Å². The fraction of sp³-hybridized carbons (Fsp3) is 0.182. The van der Waals surface area contributed by atoms with Crippen molar-refractivity contribution >= 4 is 30.5 Å². The van der Waals surface area contributed by atoms with Crippen LogP contribution in [0.5, 0.6) is 0 Å². The van der Waals surface area contributed by atoms with Gasteiger partial charge in [-0.1, -0.05) is 0 Å². The van der Waals surface area contributed by atoms with Gasteiger partial charge >= 0.3 is 17.9 Å². The van der Waals surface area contributed by atoms with Gasteiger partial charge in [-0.25, -0.2) is 14.4 Å². The second-order valence-electron chi connectivity index (χ2n) is 3.23. The highest BCUT2D eigenvalue weighted by Gasteiger charge is 2.19. The van der Waals surface area contributed by atoms with E-state index in [4.69, 9.17) is 14.9 Å². The molecule has 7 heteroatoms. The number of carbonyl (C=O) groups is 3. The Hall–Kier alpha value is -2.02. The van der Waals surface area contributed by atoms with Gasteiger partial charge in [0.25, 0.3) is 0 Å². The van der Waals surface area contributed by atoms with Gasteiger partial charge in [0.2, 0.25) is 0 Å². The van der Waals surface area contributed by atoms with Crippen LogP contribution in [0.2, 0.25) is 0 Å². The molecule has 0 saturated carbocycles. The van der Waals surface area contributed by atoms with Gasteiger partial charge in [-0.2, -0.15) is 12.6 Å². The Balaban J connectivity index is 3.15. The first-order valence-electron chi connectivity index (χ1n) is 4.86. The zero-order valence-electron chi connectivity index (χ0n) is 9.12. The minimum absolute atomic E-state index is 0.0433. The summed E-state index contributed by atoms with van der Waals surface area (Å²) in [6.45, 7) is 0.0433. The molecule has 0 aromatic heterocycles. The van der Waals surface area contributed by atoms with Crippen molar-refractivity contribution in [3.8, 4) is 0 Å². The van der Waals surface area contributed by atoms with Crippen molar-refractivity contribution < 1.29 is 29.3 Å². The molecule has 0 saturated heterocycles. The van der Waals surface area contributed by atoms with E-state index < -0.39 is 23.5 Å². The predicted molar refractivity (Wildman–Crippen MR) is 64.5 cm³/mol. The Morgan fingerprint density at radius 2 is 1.78 bits per heavy atom. The Bertz CT molecular complexity index is 496. The van der Waals surface area contributed by atoms with Crippen molar-refractivity contribution in [2.75, 3.05) is 12.4 Å². The Kier molecular flexibility index (Phi) is 4.73. The molecule has 0 aliphatic rings. The molecule has 1 aromatic carbocycles. The van der Waals surface area contributed by atoms with Crippen LogP contribution >= 0.6 is 12.6 Å². The summed E-state index contributed by atoms with van der Waals surface area (Å²) >= 11 is 3.85. The summed E-state index contributed by atoms with van der Waals surface area (Å²) in [6, 6.07) is 3.18. The van der Waals surface area contributed by atoms with Crippen molar-refractivity contribution in [3.05, 3.63) is 34.9 Å². The van der Waals surface area contributed by atoms with Crippen molar-refractivity contribution in [3.63, 3.8) is 0 Å².